The summed E-state index contributed by atoms with van der Waals surface area (Å²) in [6.45, 7) is 6.32. The molecule has 2 rings (SSSR count). The fourth-order valence-corrected chi connectivity index (χ4v) is 2.60. The Morgan fingerprint density at radius 3 is 2.46 bits per heavy atom. The summed E-state index contributed by atoms with van der Waals surface area (Å²) >= 11 is 0. The number of rotatable bonds is 6. The van der Waals surface area contributed by atoms with Crippen molar-refractivity contribution in [3.63, 3.8) is 0 Å². The van der Waals surface area contributed by atoms with Crippen LogP contribution < -0.4 is 10.1 Å². The van der Waals surface area contributed by atoms with E-state index in [0.717, 1.165) is 22.1 Å². The van der Waals surface area contributed by atoms with Crippen molar-refractivity contribution in [1.29, 1.82) is 0 Å². The van der Waals surface area contributed by atoms with Gasteiger partial charge in [-0.15, -0.1) is 0 Å². The Morgan fingerprint density at radius 2 is 1.83 bits per heavy atom. The van der Waals surface area contributed by atoms with Crippen molar-refractivity contribution in [2.45, 2.75) is 39.5 Å². The van der Waals surface area contributed by atoms with E-state index in [4.69, 9.17) is 4.74 Å². The van der Waals surface area contributed by atoms with Crippen LogP contribution in [0.3, 0.4) is 0 Å². The smallest absolute Gasteiger partial charge is 0.317 e. The number of carbonyl (C=O) groups excluding carboxylic acids is 1. The second-order valence-electron chi connectivity index (χ2n) is 6.30. The largest absolute Gasteiger partial charge is 0.497 e. The van der Waals surface area contributed by atoms with E-state index in [2.05, 4.69) is 11.4 Å². The molecule has 1 unspecified atom stereocenters. The van der Waals surface area contributed by atoms with Crippen LogP contribution in [0.25, 0.3) is 10.8 Å². The van der Waals surface area contributed by atoms with Crippen LogP contribution in [0, 0.1) is 0 Å². The maximum Gasteiger partial charge on any atom is 0.317 e. The minimum absolute atomic E-state index is 0.0312. The number of ether oxygens (including phenoxy) is 1. The molecule has 0 aromatic heterocycles. The van der Waals surface area contributed by atoms with Crippen LogP contribution in [-0.2, 0) is 6.54 Å². The van der Waals surface area contributed by atoms with Gasteiger partial charge in [0.1, 0.15) is 5.75 Å². The first-order valence-electron chi connectivity index (χ1n) is 8.20. The first kappa shape index (κ1) is 18.1. The fourth-order valence-electron chi connectivity index (χ4n) is 2.60. The number of benzene rings is 2. The normalized spacial score (nSPS) is 12.2. The lowest BCUT2D eigenvalue weighted by Crippen LogP contribution is -2.46. The van der Waals surface area contributed by atoms with Crippen molar-refractivity contribution in [1.82, 2.24) is 10.2 Å². The molecular weight excluding hydrogens is 304 g/mol. The molecule has 0 saturated heterocycles. The van der Waals surface area contributed by atoms with E-state index in [1.807, 2.05) is 44.2 Å². The number of methoxy groups -OCH3 is 1. The highest BCUT2D eigenvalue weighted by Gasteiger charge is 2.18. The first-order chi connectivity index (χ1) is 11.4. The van der Waals surface area contributed by atoms with Crippen molar-refractivity contribution in [2.24, 2.45) is 0 Å². The number of urea groups is 1. The Morgan fingerprint density at radius 1 is 1.17 bits per heavy atom. The number of nitrogens with zero attached hydrogens (tertiary/aromatic N) is 1. The third-order valence-electron chi connectivity index (χ3n) is 3.90. The molecule has 0 aliphatic heterocycles. The highest BCUT2D eigenvalue weighted by Crippen LogP contribution is 2.21. The number of aliphatic hydroxyl groups excluding tert-OH is 1. The molecule has 2 aromatic rings. The van der Waals surface area contributed by atoms with Crippen LogP contribution in [0.2, 0.25) is 0 Å². The van der Waals surface area contributed by atoms with E-state index in [0.29, 0.717) is 13.1 Å². The number of carbonyl (C=O) groups is 1. The van der Waals surface area contributed by atoms with Crippen molar-refractivity contribution >= 4 is 16.8 Å². The Bertz CT molecular complexity index is 698. The number of aliphatic hydroxyl groups is 1. The minimum Gasteiger partial charge on any atom is -0.497 e. The average molecular weight is 330 g/mol. The molecule has 5 nitrogen and oxygen atoms in total. The molecule has 0 heterocycles. The lowest BCUT2D eigenvalue weighted by Gasteiger charge is -2.28. The van der Waals surface area contributed by atoms with E-state index in [-0.39, 0.29) is 12.1 Å². The van der Waals surface area contributed by atoms with Crippen LogP contribution in [0.5, 0.6) is 5.75 Å². The van der Waals surface area contributed by atoms with Gasteiger partial charge >= 0.3 is 6.03 Å². The van der Waals surface area contributed by atoms with E-state index in [1.54, 1.807) is 18.9 Å². The summed E-state index contributed by atoms with van der Waals surface area (Å²) in [4.78, 5) is 14.0. The predicted molar refractivity (Wildman–Crippen MR) is 96.3 cm³/mol. The molecule has 1 atom stereocenters. The van der Waals surface area contributed by atoms with Gasteiger partial charge in [0.05, 0.1) is 13.2 Å². The molecule has 24 heavy (non-hydrogen) atoms. The molecule has 0 bridgehead atoms. The zero-order chi connectivity index (χ0) is 17.7. The van der Waals surface area contributed by atoms with Gasteiger partial charge in [0.15, 0.2) is 0 Å². The lowest BCUT2D eigenvalue weighted by molar-refractivity contribution is 0.119. The summed E-state index contributed by atoms with van der Waals surface area (Å²) < 4.78 is 5.23. The number of nitrogens with one attached hydrogen (secondary N) is 1. The molecular formula is C19H26N2O3. The van der Waals surface area contributed by atoms with Crippen LogP contribution in [0.4, 0.5) is 4.79 Å². The van der Waals surface area contributed by atoms with Gasteiger partial charge in [-0.05, 0) is 55.3 Å². The van der Waals surface area contributed by atoms with Crippen LogP contribution in [0.15, 0.2) is 36.4 Å². The summed E-state index contributed by atoms with van der Waals surface area (Å²) in [5.41, 5.74) is 1.03. The van der Waals surface area contributed by atoms with Gasteiger partial charge in [0.2, 0.25) is 0 Å². The zero-order valence-corrected chi connectivity index (χ0v) is 14.7. The minimum atomic E-state index is -0.547. The third-order valence-corrected chi connectivity index (χ3v) is 3.90. The summed E-state index contributed by atoms with van der Waals surface area (Å²) in [5, 5.41) is 14.7. The molecule has 2 aromatic carbocycles. The Balaban J connectivity index is 2.05. The number of hydrogen-bond acceptors (Lipinski definition) is 3. The van der Waals surface area contributed by atoms with Crippen molar-refractivity contribution in [3.8, 4) is 5.75 Å². The second-order valence-corrected chi connectivity index (χ2v) is 6.30. The molecule has 0 aliphatic rings. The van der Waals surface area contributed by atoms with Gasteiger partial charge in [-0.25, -0.2) is 4.79 Å². The van der Waals surface area contributed by atoms with Crippen LogP contribution in [0.1, 0.15) is 26.3 Å². The van der Waals surface area contributed by atoms with Crippen molar-refractivity contribution < 1.29 is 14.6 Å². The SMILES string of the molecule is COc1ccc2cc(CNC(=O)N(CC(C)O)C(C)C)ccc2c1. The molecule has 0 aliphatic carbocycles. The summed E-state index contributed by atoms with van der Waals surface area (Å²) in [6.07, 6.45) is -0.547. The second kappa shape index (κ2) is 8.02. The molecule has 0 radical (unpaired) electrons. The first-order valence-corrected chi connectivity index (χ1v) is 8.20. The maximum absolute atomic E-state index is 12.3. The van der Waals surface area contributed by atoms with Gasteiger partial charge in [0.25, 0.3) is 0 Å². The molecule has 2 N–H and O–H groups in total. The van der Waals surface area contributed by atoms with Gasteiger partial charge in [0, 0.05) is 19.1 Å². The number of fused-ring (bicyclic) bond motifs is 1. The number of hydrogen-bond donors (Lipinski definition) is 2. The molecule has 0 fully saturated rings. The monoisotopic (exact) mass is 330 g/mol. The average Bonchev–Trinajstić information content (AvgIpc) is 2.56. The van der Waals surface area contributed by atoms with Crippen molar-refractivity contribution in [2.75, 3.05) is 13.7 Å². The topological polar surface area (TPSA) is 61.8 Å². The Kier molecular flexibility index (Phi) is 6.04. The molecule has 2 amide bonds. The number of amides is 2. The zero-order valence-electron chi connectivity index (χ0n) is 14.7. The van der Waals surface area contributed by atoms with Gasteiger partial charge in [-0.2, -0.15) is 0 Å². The van der Waals surface area contributed by atoms with Crippen LogP contribution in [-0.4, -0.2) is 41.8 Å². The van der Waals surface area contributed by atoms with E-state index < -0.39 is 6.10 Å². The lowest BCUT2D eigenvalue weighted by atomic mass is 10.1. The summed E-state index contributed by atoms with van der Waals surface area (Å²) in [5.74, 6) is 0.828. The summed E-state index contributed by atoms with van der Waals surface area (Å²) in [6, 6.07) is 11.9. The van der Waals surface area contributed by atoms with E-state index in [1.165, 1.54) is 0 Å². The standard InChI is InChI=1S/C19H26N2O3/c1-13(2)21(12-14(3)22)19(23)20-11-15-5-6-17-10-18(24-4)8-7-16(17)9-15/h5-10,13-14,22H,11-12H2,1-4H3,(H,20,23). The third kappa shape index (κ3) is 4.61. The van der Waals surface area contributed by atoms with E-state index >= 15 is 0 Å². The Labute approximate surface area is 143 Å². The quantitative estimate of drug-likeness (QED) is 0.855. The Hall–Kier alpha value is -2.27. The predicted octanol–water partition coefficient (Wildman–Crippen LogP) is 3.15. The maximum atomic E-state index is 12.3. The molecule has 5 heteroatoms. The van der Waals surface area contributed by atoms with Gasteiger partial charge in [-0.3, -0.25) is 0 Å². The fraction of sp³-hybridized carbons (Fsp3) is 0.421. The van der Waals surface area contributed by atoms with Gasteiger partial charge in [-0.1, -0.05) is 18.2 Å². The molecule has 0 saturated carbocycles. The van der Waals surface area contributed by atoms with Gasteiger partial charge < -0.3 is 20.1 Å². The van der Waals surface area contributed by atoms with E-state index in [9.17, 15) is 9.90 Å². The van der Waals surface area contributed by atoms with Crippen molar-refractivity contribution in [3.05, 3.63) is 42.0 Å². The molecule has 130 valence electrons. The molecule has 0 spiro atoms. The summed E-state index contributed by atoms with van der Waals surface area (Å²) in [7, 11) is 1.65. The highest BCUT2D eigenvalue weighted by molar-refractivity contribution is 5.84. The van der Waals surface area contributed by atoms with Crippen LogP contribution >= 0.6 is 0 Å². The highest BCUT2D eigenvalue weighted by atomic mass is 16.5.